The highest BCUT2D eigenvalue weighted by Crippen LogP contribution is 2.27. The molecule has 0 saturated carbocycles. The van der Waals surface area contributed by atoms with Crippen molar-refractivity contribution in [2.75, 3.05) is 5.32 Å². The Hall–Kier alpha value is -2.07. The van der Waals surface area contributed by atoms with Gasteiger partial charge in [-0.1, -0.05) is 30.3 Å². The second kappa shape index (κ2) is 5.51. The smallest absolute Gasteiger partial charge is 0.134 e. The molecule has 100 valence electrons. The van der Waals surface area contributed by atoms with Gasteiger partial charge in [0.05, 0.1) is 17.1 Å². The quantitative estimate of drug-likeness (QED) is 0.756. The molecular weight excluding hydrogens is 314 g/mol. The Kier molecular flexibility index (Phi) is 3.56. The van der Waals surface area contributed by atoms with Crippen LogP contribution in [0.25, 0.3) is 5.69 Å². The van der Waals surface area contributed by atoms with Crippen molar-refractivity contribution in [3.8, 4) is 5.69 Å². The van der Waals surface area contributed by atoms with Crippen molar-refractivity contribution >= 4 is 27.4 Å². The van der Waals surface area contributed by atoms with Gasteiger partial charge in [0.2, 0.25) is 0 Å². The van der Waals surface area contributed by atoms with Crippen molar-refractivity contribution in [2.45, 2.75) is 6.92 Å². The van der Waals surface area contributed by atoms with Gasteiger partial charge in [0.25, 0.3) is 0 Å². The van der Waals surface area contributed by atoms with Crippen LogP contribution in [-0.4, -0.2) is 9.78 Å². The number of hydrogen-bond acceptors (Lipinski definition) is 2. The maximum absolute atomic E-state index is 4.55. The van der Waals surface area contributed by atoms with E-state index in [-0.39, 0.29) is 0 Å². The van der Waals surface area contributed by atoms with Crippen LogP contribution in [0.5, 0.6) is 0 Å². The number of nitrogens with one attached hydrogen (secondary N) is 1. The fourth-order valence-corrected chi connectivity index (χ4v) is 2.44. The minimum absolute atomic E-state index is 0.945. The molecule has 20 heavy (non-hydrogen) atoms. The first-order valence-corrected chi connectivity index (χ1v) is 7.17. The van der Waals surface area contributed by atoms with E-state index in [1.54, 1.807) is 0 Å². The standard InChI is InChI=1S/C16H14BrN3/c1-12-11-16(18-15-10-6-5-9-14(15)17)20(19-12)13-7-3-2-4-8-13/h2-11,18H,1H3. The number of hydrogen-bond donors (Lipinski definition) is 1. The molecule has 0 unspecified atom stereocenters. The lowest BCUT2D eigenvalue weighted by Crippen LogP contribution is -2.02. The lowest BCUT2D eigenvalue weighted by atomic mass is 10.3. The second-order valence-corrected chi connectivity index (χ2v) is 5.38. The van der Waals surface area contributed by atoms with Crippen molar-refractivity contribution in [3.05, 3.63) is 70.8 Å². The van der Waals surface area contributed by atoms with Gasteiger partial charge in [0.15, 0.2) is 0 Å². The van der Waals surface area contributed by atoms with Gasteiger partial charge < -0.3 is 5.32 Å². The van der Waals surface area contributed by atoms with E-state index in [4.69, 9.17) is 0 Å². The predicted molar refractivity (Wildman–Crippen MR) is 85.7 cm³/mol. The van der Waals surface area contributed by atoms with Crippen LogP contribution in [0.1, 0.15) is 5.69 Å². The molecule has 0 aliphatic heterocycles. The molecule has 0 fully saturated rings. The number of halogens is 1. The summed E-state index contributed by atoms with van der Waals surface area (Å²) in [6.45, 7) is 1.99. The molecule has 2 aromatic carbocycles. The third-order valence-electron chi connectivity index (χ3n) is 2.97. The summed E-state index contributed by atoms with van der Waals surface area (Å²) in [7, 11) is 0. The molecule has 1 aromatic heterocycles. The lowest BCUT2D eigenvalue weighted by Gasteiger charge is -2.11. The van der Waals surface area contributed by atoms with Crippen LogP contribution in [0, 0.1) is 6.92 Å². The molecule has 0 aliphatic rings. The zero-order valence-corrected chi connectivity index (χ0v) is 12.6. The van der Waals surface area contributed by atoms with Crippen molar-refractivity contribution < 1.29 is 0 Å². The van der Waals surface area contributed by atoms with E-state index in [1.807, 2.05) is 72.3 Å². The molecule has 1 N–H and O–H groups in total. The van der Waals surface area contributed by atoms with Crippen LogP contribution in [-0.2, 0) is 0 Å². The van der Waals surface area contributed by atoms with E-state index in [9.17, 15) is 0 Å². The molecule has 0 amide bonds. The first-order chi connectivity index (χ1) is 9.74. The fourth-order valence-electron chi connectivity index (χ4n) is 2.06. The summed E-state index contributed by atoms with van der Waals surface area (Å²) in [5.41, 5.74) is 3.03. The Morgan fingerprint density at radius 1 is 1.00 bits per heavy atom. The van der Waals surface area contributed by atoms with Crippen LogP contribution < -0.4 is 5.32 Å². The van der Waals surface area contributed by atoms with Gasteiger partial charge in [0, 0.05) is 10.5 Å². The highest BCUT2D eigenvalue weighted by atomic mass is 79.9. The van der Waals surface area contributed by atoms with Crippen LogP contribution >= 0.6 is 15.9 Å². The maximum Gasteiger partial charge on any atom is 0.134 e. The van der Waals surface area contributed by atoms with Crippen LogP contribution in [0.2, 0.25) is 0 Å². The number of para-hydroxylation sites is 2. The molecular formula is C16H14BrN3. The summed E-state index contributed by atoms with van der Waals surface area (Å²) in [4.78, 5) is 0. The summed E-state index contributed by atoms with van der Waals surface area (Å²) in [5.74, 6) is 0.945. The average Bonchev–Trinajstić information content (AvgIpc) is 2.83. The van der Waals surface area contributed by atoms with Gasteiger partial charge in [-0.05, 0) is 47.1 Å². The summed E-state index contributed by atoms with van der Waals surface area (Å²) < 4.78 is 2.94. The zero-order chi connectivity index (χ0) is 13.9. The number of nitrogens with zero attached hydrogens (tertiary/aromatic N) is 2. The molecule has 4 heteroatoms. The molecule has 0 spiro atoms. The maximum atomic E-state index is 4.55. The van der Waals surface area contributed by atoms with Gasteiger partial charge in [0.1, 0.15) is 5.82 Å². The Labute approximate surface area is 126 Å². The van der Waals surface area contributed by atoms with Crippen molar-refractivity contribution in [1.29, 1.82) is 0 Å². The molecule has 3 aromatic rings. The topological polar surface area (TPSA) is 29.9 Å². The van der Waals surface area contributed by atoms with Crippen molar-refractivity contribution in [1.82, 2.24) is 9.78 Å². The number of benzene rings is 2. The van der Waals surface area contributed by atoms with Crippen molar-refractivity contribution in [2.24, 2.45) is 0 Å². The minimum atomic E-state index is 0.945. The normalized spacial score (nSPS) is 10.5. The molecule has 0 radical (unpaired) electrons. The van der Waals surface area contributed by atoms with E-state index in [1.165, 1.54) is 0 Å². The summed E-state index contributed by atoms with van der Waals surface area (Å²) >= 11 is 3.55. The Bertz CT molecular complexity index is 720. The van der Waals surface area contributed by atoms with Gasteiger partial charge in [-0.3, -0.25) is 0 Å². The van der Waals surface area contributed by atoms with Gasteiger partial charge >= 0.3 is 0 Å². The molecule has 0 saturated heterocycles. The fraction of sp³-hybridized carbons (Fsp3) is 0.0625. The summed E-state index contributed by atoms with van der Waals surface area (Å²) in [5, 5.41) is 7.96. The molecule has 0 aliphatic carbocycles. The zero-order valence-electron chi connectivity index (χ0n) is 11.0. The Morgan fingerprint density at radius 2 is 1.70 bits per heavy atom. The Morgan fingerprint density at radius 3 is 2.45 bits per heavy atom. The van der Waals surface area contributed by atoms with E-state index < -0.39 is 0 Å². The highest BCUT2D eigenvalue weighted by molar-refractivity contribution is 9.10. The monoisotopic (exact) mass is 327 g/mol. The molecule has 0 bridgehead atoms. The average molecular weight is 328 g/mol. The molecule has 1 heterocycles. The number of aromatic nitrogens is 2. The Balaban J connectivity index is 2.01. The van der Waals surface area contributed by atoms with E-state index in [0.717, 1.165) is 27.4 Å². The largest absolute Gasteiger partial charge is 0.339 e. The number of rotatable bonds is 3. The van der Waals surface area contributed by atoms with Gasteiger partial charge in [-0.25, -0.2) is 4.68 Å². The third kappa shape index (κ3) is 2.60. The van der Waals surface area contributed by atoms with Gasteiger partial charge in [-0.2, -0.15) is 5.10 Å². The molecule has 0 atom stereocenters. The minimum Gasteiger partial charge on any atom is -0.339 e. The summed E-state index contributed by atoms with van der Waals surface area (Å²) in [6, 6.07) is 20.2. The van der Waals surface area contributed by atoms with E-state index in [0.29, 0.717) is 0 Å². The van der Waals surface area contributed by atoms with Gasteiger partial charge in [-0.15, -0.1) is 0 Å². The van der Waals surface area contributed by atoms with E-state index in [2.05, 4.69) is 26.3 Å². The third-order valence-corrected chi connectivity index (χ3v) is 3.66. The van der Waals surface area contributed by atoms with Crippen LogP contribution in [0.15, 0.2) is 65.1 Å². The number of anilines is 2. The van der Waals surface area contributed by atoms with E-state index >= 15 is 0 Å². The summed E-state index contributed by atoms with van der Waals surface area (Å²) in [6.07, 6.45) is 0. The first-order valence-electron chi connectivity index (χ1n) is 6.38. The molecule has 3 nitrogen and oxygen atoms in total. The second-order valence-electron chi connectivity index (χ2n) is 4.52. The van der Waals surface area contributed by atoms with Crippen LogP contribution in [0.3, 0.4) is 0 Å². The van der Waals surface area contributed by atoms with Crippen molar-refractivity contribution in [3.63, 3.8) is 0 Å². The SMILES string of the molecule is Cc1cc(Nc2ccccc2Br)n(-c2ccccc2)n1. The highest BCUT2D eigenvalue weighted by Gasteiger charge is 2.08. The van der Waals surface area contributed by atoms with Crippen LogP contribution in [0.4, 0.5) is 11.5 Å². The number of aryl methyl sites for hydroxylation is 1. The molecule has 3 rings (SSSR count). The first kappa shape index (κ1) is 12.9. The predicted octanol–water partition coefficient (Wildman–Crippen LogP) is 4.69. The lowest BCUT2D eigenvalue weighted by molar-refractivity contribution is 0.869.